The molecule has 21 heavy (non-hydrogen) atoms. The van der Waals surface area contributed by atoms with Crippen molar-refractivity contribution in [3.63, 3.8) is 0 Å². The highest BCUT2D eigenvalue weighted by atomic mass is 16.5. The minimum absolute atomic E-state index is 0.0522. The standard InChI is InChI=1S/C16H24N2O3/c1-16(2)12-18(10-14(21-16)11-20-3)15(19)5-4-13-6-8-17-9-7-13/h6-9,14H,4-5,10-12H2,1-3H3/t14-/m0/s1. The number of methoxy groups -OCH3 is 1. The molecule has 1 aromatic rings. The first-order valence-corrected chi connectivity index (χ1v) is 7.33. The summed E-state index contributed by atoms with van der Waals surface area (Å²) < 4.78 is 11.1. The summed E-state index contributed by atoms with van der Waals surface area (Å²) >= 11 is 0. The Morgan fingerprint density at radius 2 is 2.19 bits per heavy atom. The van der Waals surface area contributed by atoms with E-state index in [-0.39, 0.29) is 17.6 Å². The number of hydrogen-bond donors (Lipinski definition) is 0. The van der Waals surface area contributed by atoms with Gasteiger partial charge in [0, 0.05) is 39.0 Å². The molecule has 1 aliphatic heterocycles. The van der Waals surface area contributed by atoms with Gasteiger partial charge in [-0.05, 0) is 38.0 Å². The van der Waals surface area contributed by atoms with Gasteiger partial charge in [0.05, 0.1) is 18.3 Å². The van der Waals surface area contributed by atoms with Gasteiger partial charge in [0.25, 0.3) is 0 Å². The van der Waals surface area contributed by atoms with Crippen LogP contribution in [0.3, 0.4) is 0 Å². The van der Waals surface area contributed by atoms with E-state index in [4.69, 9.17) is 9.47 Å². The van der Waals surface area contributed by atoms with E-state index < -0.39 is 0 Å². The Balaban J connectivity index is 1.91. The molecule has 1 amide bonds. The predicted octanol–water partition coefficient (Wildman–Crippen LogP) is 1.67. The van der Waals surface area contributed by atoms with E-state index >= 15 is 0 Å². The van der Waals surface area contributed by atoms with Gasteiger partial charge in [-0.25, -0.2) is 0 Å². The van der Waals surface area contributed by atoms with E-state index in [9.17, 15) is 4.79 Å². The molecular formula is C16H24N2O3. The SMILES string of the molecule is COC[C@@H]1CN(C(=O)CCc2ccncc2)CC(C)(C)O1. The van der Waals surface area contributed by atoms with Gasteiger partial charge in [-0.15, -0.1) is 0 Å². The zero-order valence-electron chi connectivity index (χ0n) is 13.0. The minimum atomic E-state index is -0.326. The molecular weight excluding hydrogens is 268 g/mol. The molecule has 0 bridgehead atoms. The lowest BCUT2D eigenvalue weighted by Crippen LogP contribution is -2.55. The molecule has 0 saturated carbocycles. The number of hydrogen-bond acceptors (Lipinski definition) is 4. The molecule has 1 fully saturated rings. The fourth-order valence-electron chi connectivity index (χ4n) is 2.72. The topological polar surface area (TPSA) is 51.7 Å². The molecule has 0 aromatic carbocycles. The van der Waals surface area contributed by atoms with Crippen LogP contribution in [0.15, 0.2) is 24.5 Å². The lowest BCUT2D eigenvalue weighted by Gasteiger charge is -2.42. The number of aromatic nitrogens is 1. The van der Waals surface area contributed by atoms with Crippen molar-refractivity contribution in [2.45, 2.75) is 38.4 Å². The van der Waals surface area contributed by atoms with Crippen LogP contribution in [-0.2, 0) is 20.7 Å². The second kappa shape index (κ2) is 7.00. The van der Waals surface area contributed by atoms with E-state index in [0.717, 1.165) is 12.0 Å². The van der Waals surface area contributed by atoms with Gasteiger partial charge in [-0.2, -0.15) is 0 Å². The summed E-state index contributed by atoms with van der Waals surface area (Å²) in [5, 5.41) is 0. The molecule has 0 spiro atoms. The van der Waals surface area contributed by atoms with Crippen LogP contribution in [-0.4, -0.2) is 54.3 Å². The molecule has 5 heteroatoms. The van der Waals surface area contributed by atoms with Crippen molar-refractivity contribution in [3.05, 3.63) is 30.1 Å². The smallest absolute Gasteiger partial charge is 0.223 e. The third-order valence-electron chi connectivity index (χ3n) is 3.56. The molecule has 0 radical (unpaired) electrons. The van der Waals surface area contributed by atoms with Crippen LogP contribution in [0.5, 0.6) is 0 Å². The van der Waals surface area contributed by atoms with Crippen LogP contribution in [0.4, 0.5) is 0 Å². The summed E-state index contributed by atoms with van der Waals surface area (Å²) in [5.41, 5.74) is 0.813. The van der Waals surface area contributed by atoms with Gasteiger partial charge < -0.3 is 14.4 Å². The Kier molecular flexibility index (Phi) is 5.31. The fraction of sp³-hybridized carbons (Fsp3) is 0.625. The Morgan fingerprint density at radius 3 is 2.86 bits per heavy atom. The number of aryl methyl sites for hydroxylation is 1. The van der Waals surface area contributed by atoms with Crippen LogP contribution >= 0.6 is 0 Å². The average Bonchev–Trinajstić information content (AvgIpc) is 2.44. The number of morpholine rings is 1. The normalized spacial score (nSPS) is 21.3. The number of rotatable bonds is 5. The van der Waals surface area contributed by atoms with Gasteiger partial charge in [0.15, 0.2) is 0 Å². The first-order chi connectivity index (χ1) is 10.00. The van der Waals surface area contributed by atoms with Crippen LogP contribution in [0.1, 0.15) is 25.8 Å². The highest BCUT2D eigenvalue weighted by Crippen LogP contribution is 2.22. The molecule has 0 aliphatic carbocycles. The maximum Gasteiger partial charge on any atom is 0.223 e. The van der Waals surface area contributed by atoms with Crippen molar-refractivity contribution in [1.29, 1.82) is 0 Å². The van der Waals surface area contributed by atoms with Gasteiger partial charge in [0.1, 0.15) is 0 Å². The third kappa shape index (κ3) is 4.79. The molecule has 1 atom stereocenters. The minimum Gasteiger partial charge on any atom is -0.382 e. The molecule has 2 rings (SSSR count). The maximum absolute atomic E-state index is 12.4. The Hall–Kier alpha value is -1.46. The molecule has 1 saturated heterocycles. The second-order valence-electron chi connectivity index (χ2n) is 6.08. The summed E-state index contributed by atoms with van der Waals surface area (Å²) in [5.74, 6) is 0.171. The van der Waals surface area contributed by atoms with Gasteiger partial charge in [-0.3, -0.25) is 9.78 Å². The number of amides is 1. The summed E-state index contributed by atoms with van der Waals surface area (Å²) in [6.45, 7) is 5.77. The number of pyridine rings is 1. The Morgan fingerprint density at radius 1 is 1.48 bits per heavy atom. The average molecular weight is 292 g/mol. The first-order valence-electron chi connectivity index (χ1n) is 7.33. The van der Waals surface area contributed by atoms with E-state index in [1.54, 1.807) is 19.5 Å². The van der Waals surface area contributed by atoms with Crippen molar-refractivity contribution in [2.24, 2.45) is 0 Å². The highest BCUT2D eigenvalue weighted by Gasteiger charge is 2.35. The number of carbonyl (C=O) groups excluding carboxylic acids is 1. The number of nitrogens with zero attached hydrogens (tertiary/aromatic N) is 2. The van der Waals surface area contributed by atoms with Crippen molar-refractivity contribution < 1.29 is 14.3 Å². The van der Waals surface area contributed by atoms with Gasteiger partial charge in [-0.1, -0.05) is 0 Å². The Bertz CT molecular complexity index is 462. The Labute approximate surface area is 126 Å². The fourth-order valence-corrected chi connectivity index (χ4v) is 2.72. The monoisotopic (exact) mass is 292 g/mol. The van der Waals surface area contributed by atoms with Crippen molar-refractivity contribution in [1.82, 2.24) is 9.88 Å². The molecule has 1 aromatic heterocycles. The van der Waals surface area contributed by atoms with Crippen LogP contribution in [0, 0.1) is 0 Å². The summed E-state index contributed by atoms with van der Waals surface area (Å²) in [7, 11) is 1.65. The molecule has 1 aliphatic rings. The van der Waals surface area contributed by atoms with Crippen LogP contribution in [0.2, 0.25) is 0 Å². The highest BCUT2D eigenvalue weighted by molar-refractivity contribution is 5.76. The van der Waals surface area contributed by atoms with Gasteiger partial charge in [0.2, 0.25) is 5.91 Å². The molecule has 2 heterocycles. The van der Waals surface area contributed by atoms with Crippen LogP contribution in [0.25, 0.3) is 0 Å². The predicted molar refractivity (Wildman–Crippen MR) is 80.0 cm³/mol. The van der Waals surface area contributed by atoms with Gasteiger partial charge >= 0.3 is 0 Å². The van der Waals surface area contributed by atoms with E-state index in [1.807, 2.05) is 30.9 Å². The zero-order valence-corrected chi connectivity index (χ0v) is 13.0. The van der Waals surface area contributed by atoms with E-state index in [2.05, 4.69) is 4.98 Å². The summed E-state index contributed by atoms with van der Waals surface area (Å²) in [4.78, 5) is 18.3. The molecule has 5 nitrogen and oxygen atoms in total. The molecule has 116 valence electrons. The van der Waals surface area contributed by atoms with E-state index in [0.29, 0.717) is 26.1 Å². The van der Waals surface area contributed by atoms with Crippen LogP contribution < -0.4 is 0 Å². The zero-order chi connectivity index (χ0) is 15.3. The molecule has 0 unspecified atom stereocenters. The van der Waals surface area contributed by atoms with Crippen molar-refractivity contribution >= 4 is 5.91 Å². The first kappa shape index (κ1) is 15.9. The lowest BCUT2D eigenvalue weighted by atomic mass is 10.0. The lowest BCUT2D eigenvalue weighted by molar-refractivity contribution is -0.168. The van der Waals surface area contributed by atoms with E-state index in [1.165, 1.54) is 0 Å². The van der Waals surface area contributed by atoms with Crippen molar-refractivity contribution in [3.8, 4) is 0 Å². The maximum atomic E-state index is 12.4. The second-order valence-corrected chi connectivity index (χ2v) is 6.08. The third-order valence-corrected chi connectivity index (χ3v) is 3.56. The largest absolute Gasteiger partial charge is 0.382 e. The quantitative estimate of drug-likeness (QED) is 0.828. The number of carbonyl (C=O) groups is 1. The summed E-state index contributed by atoms with van der Waals surface area (Å²) in [6.07, 6.45) is 4.72. The molecule has 0 N–H and O–H groups in total. The number of ether oxygens (including phenoxy) is 2. The summed E-state index contributed by atoms with van der Waals surface area (Å²) in [6, 6.07) is 3.90. The van der Waals surface area contributed by atoms with Crippen molar-refractivity contribution in [2.75, 3.05) is 26.8 Å².